The topological polar surface area (TPSA) is 147 Å². The molecule has 0 saturated carbocycles. The maximum Gasteiger partial charge on any atom is 0.348 e. The normalized spacial score (nSPS) is 15.1. The number of H-pyrrole nitrogens is 1. The highest BCUT2D eigenvalue weighted by atomic mass is 16.6. The quantitative estimate of drug-likeness (QED) is 0.140. The van der Waals surface area contributed by atoms with Crippen LogP contribution < -0.4 is 5.69 Å². The molecule has 2 aliphatic heterocycles. The lowest BCUT2D eigenvalue weighted by molar-refractivity contribution is -0.138. The van der Waals surface area contributed by atoms with E-state index in [0.29, 0.717) is 35.1 Å². The third-order valence-corrected chi connectivity index (χ3v) is 10.9. The van der Waals surface area contributed by atoms with Crippen molar-refractivity contribution in [3.05, 3.63) is 124 Å². The number of para-hydroxylation sites is 1. The average Bonchev–Trinajstić information content (AvgIpc) is 3.73. The zero-order valence-corrected chi connectivity index (χ0v) is 30.5. The van der Waals surface area contributed by atoms with Crippen LogP contribution >= 0.6 is 0 Å². The Labute approximate surface area is 315 Å². The molecule has 3 N–H and O–H groups in total. The van der Waals surface area contributed by atoms with Crippen molar-refractivity contribution >= 4 is 39.1 Å². The molecule has 0 atom stereocenters. The van der Waals surface area contributed by atoms with Crippen LogP contribution in [0.4, 0.5) is 0 Å². The van der Waals surface area contributed by atoms with Gasteiger partial charge in [-0.25, -0.2) is 19.4 Å². The first-order chi connectivity index (χ1) is 26.7. The van der Waals surface area contributed by atoms with E-state index < -0.39 is 5.69 Å². The highest BCUT2D eigenvalue weighted by Crippen LogP contribution is 2.38. The first kappa shape index (κ1) is 34.4. The molecule has 2 aliphatic rings. The summed E-state index contributed by atoms with van der Waals surface area (Å²) in [4.78, 5) is 33.2. The van der Waals surface area contributed by atoms with E-state index in [9.17, 15) is 19.8 Å². The maximum absolute atomic E-state index is 13.2. The number of esters is 1. The number of likely N-dealkylation sites (tertiary alicyclic amines) is 1. The van der Waals surface area contributed by atoms with E-state index >= 15 is 0 Å². The fraction of sp³-hybridized carbons (Fsp3) is 0.256. The van der Waals surface area contributed by atoms with Crippen LogP contribution in [0, 0.1) is 5.92 Å². The number of phenols is 2. The van der Waals surface area contributed by atoms with Gasteiger partial charge in [0.25, 0.3) is 0 Å². The van der Waals surface area contributed by atoms with E-state index in [2.05, 4.69) is 37.8 Å². The number of phenolic OH excluding ortho intramolecular Hbond substituents is 2. The first-order valence-corrected chi connectivity index (χ1v) is 18.6. The molecule has 12 heteroatoms. The van der Waals surface area contributed by atoms with Crippen molar-refractivity contribution in [2.24, 2.45) is 5.92 Å². The van der Waals surface area contributed by atoms with Crippen molar-refractivity contribution < 1.29 is 24.5 Å². The van der Waals surface area contributed by atoms with Gasteiger partial charge in [-0.3, -0.25) is 9.69 Å². The molecule has 9 rings (SSSR count). The van der Waals surface area contributed by atoms with Crippen molar-refractivity contribution in [1.82, 2.24) is 29.0 Å². The van der Waals surface area contributed by atoms with E-state index in [1.54, 1.807) is 6.07 Å². The van der Waals surface area contributed by atoms with Crippen LogP contribution in [0.5, 0.6) is 11.5 Å². The Morgan fingerprint density at radius 1 is 0.964 bits per heavy atom. The second-order valence-electron chi connectivity index (χ2n) is 14.9. The van der Waals surface area contributed by atoms with Gasteiger partial charge < -0.3 is 24.1 Å². The standard InChI is InChI=1S/C43H40N6O6/c1-25(2)32-17-34(38(51)19-37(32)50)42-45-46-43(53)49(42)31-9-7-26(8-10-31)15-27-11-13-47(14-12-27)22-40(52)55-39-24-54-23-30-21-48-20-29-16-28-5-3-4-6-35(28)44-41(29)36(48)18-33(30)39/h3-10,16-21,24-25,27,50-51H,11-15,22-23H2,1-2H3,(H,46,53). The molecule has 278 valence electrons. The van der Waals surface area contributed by atoms with Crippen LogP contribution in [0.2, 0.25) is 0 Å². The number of aromatic hydroxyl groups is 2. The molecule has 3 aromatic carbocycles. The molecule has 12 nitrogen and oxygen atoms in total. The Morgan fingerprint density at radius 3 is 2.56 bits per heavy atom. The number of nitrogens with zero attached hydrogens (tertiary/aromatic N) is 5. The molecule has 0 bridgehead atoms. The molecule has 0 spiro atoms. The fourth-order valence-electron chi connectivity index (χ4n) is 7.94. The molecule has 0 amide bonds. The largest absolute Gasteiger partial charge is 0.508 e. The van der Waals surface area contributed by atoms with Crippen molar-refractivity contribution in [2.45, 2.75) is 45.6 Å². The first-order valence-electron chi connectivity index (χ1n) is 18.6. The fourth-order valence-corrected chi connectivity index (χ4v) is 7.94. The number of pyridine rings is 2. The molecule has 0 aliphatic carbocycles. The van der Waals surface area contributed by atoms with Gasteiger partial charge in [0.1, 0.15) is 24.4 Å². The number of carbonyl (C=O) groups excluding carboxylic acids is 1. The number of benzene rings is 3. The number of hydrogen-bond donors (Lipinski definition) is 3. The zero-order chi connectivity index (χ0) is 37.8. The van der Waals surface area contributed by atoms with E-state index in [-0.39, 0.29) is 35.8 Å². The Kier molecular flexibility index (Phi) is 8.61. The van der Waals surface area contributed by atoms with Crippen molar-refractivity contribution in [3.8, 4) is 28.6 Å². The monoisotopic (exact) mass is 736 g/mol. The van der Waals surface area contributed by atoms with Crippen LogP contribution in [-0.2, 0) is 27.3 Å². The summed E-state index contributed by atoms with van der Waals surface area (Å²) < 4.78 is 15.1. The van der Waals surface area contributed by atoms with Gasteiger partial charge in [-0.05, 0) is 91.7 Å². The van der Waals surface area contributed by atoms with Gasteiger partial charge in [-0.1, -0.05) is 44.2 Å². The number of fused-ring (bicyclic) bond motifs is 5. The smallest absolute Gasteiger partial charge is 0.348 e. The number of nitrogens with one attached hydrogen (secondary N) is 1. The number of rotatable bonds is 8. The van der Waals surface area contributed by atoms with Crippen LogP contribution in [-0.4, -0.2) is 64.9 Å². The van der Waals surface area contributed by atoms with Gasteiger partial charge in [-0.2, -0.15) is 5.10 Å². The second kappa shape index (κ2) is 13.8. The highest BCUT2D eigenvalue weighted by Gasteiger charge is 2.25. The molecule has 0 radical (unpaired) electrons. The summed E-state index contributed by atoms with van der Waals surface area (Å²) in [6.45, 7) is 6.02. The molecule has 6 heterocycles. The Balaban J connectivity index is 0.828. The van der Waals surface area contributed by atoms with Crippen LogP contribution in [0.3, 0.4) is 0 Å². The van der Waals surface area contributed by atoms with E-state index in [1.807, 2.05) is 68.6 Å². The SMILES string of the molecule is CC(C)c1cc(-c2n[nH]c(=O)n2-c2ccc(CC3CCN(CC(=O)OC4=COCc5cn6cc7cc8ccccc8nc7c6cc54)CC3)cc2)c(O)cc1O. The minimum Gasteiger partial charge on any atom is -0.508 e. The van der Waals surface area contributed by atoms with E-state index in [0.717, 1.165) is 76.4 Å². The van der Waals surface area contributed by atoms with Crippen LogP contribution in [0.1, 0.15) is 54.9 Å². The van der Waals surface area contributed by atoms with Gasteiger partial charge in [0.05, 0.1) is 34.3 Å². The third kappa shape index (κ3) is 6.48. The van der Waals surface area contributed by atoms with Crippen molar-refractivity contribution in [1.29, 1.82) is 0 Å². The van der Waals surface area contributed by atoms with Crippen molar-refractivity contribution in [2.75, 3.05) is 19.6 Å². The molecule has 7 aromatic rings. The molecular weight excluding hydrogens is 697 g/mol. The zero-order valence-electron chi connectivity index (χ0n) is 30.5. The van der Waals surface area contributed by atoms with Crippen LogP contribution in [0.15, 0.2) is 96.2 Å². The Bertz CT molecular complexity index is 2700. The maximum atomic E-state index is 13.2. The van der Waals surface area contributed by atoms with E-state index in [1.165, 1.54) is 16.9 Å². The lowest BCUT2D eigenvalue weighted by Crippen LogP contribution is -2.38. The predicted molar refractivity (Wildman–Crippen MR) is 209 cm³/mol. The minimum absolute atomic E-state index is 0.00441. The van der Waals surface area contributed by atoms with Gasteiger partial charge in [-0.15, -0.1) is 0 Å². The van der Waals surface area contributed by atoms with Gasteiger partial charge >= 0.3 is 11.7 Å². The summed E-state index contributed by atoms with van der Waals surface area (Å²) in [6.07, 6.45) is 8.38. The van der Waals surface area contributed by atoms with Gasteiger partial charge in [0, 0.05) is 40.4 Å². The lowest BCUT2D eigenvalue weighted by Gasteiger charge is -2.31. The third-order valence-electron chi connectivity index (χ3n) is 10.9. The summed E-state index contributed by atoms with van der Waals surface area (Å²) in [5, 5.41) is 29.8. The van der Waals surface area contributed by atoms with Crippen molar-refractivity contribution in [3.63, 3.8) is 0 Å². The number of carbonyl (C=O) groups is 1. The highest BCUT2D eigenvalue weighted by molar-refractivity contribution is 6.01. The number of aromatic nitrogens is 5. The number of piperidine rings is 1. The molecule has 1 fully saturated rings. The predicted octanol–water partition coefficient (Wildman–Crippen LogP) is 7.04. The molecule has 4 aromatic heterocycles. The lowest BCUT2D eigenvalue weighted by atomic mass is 9.90. The summed E-state index contributed by atoms with van der Waals surface area (Å²) in [6, 6.07) is 23.0. The summed E-state index contributed by atoms with van der Waals surface area (Å²) in [7, 11) is 0. The Hall–Kier alpha value is -6.40. The Morgan fingerprint density at radius 2 is 1.76 bits per heavy atom. The molecule has 55 heavy (non-hydrogen) atoms. The van der Waals surface area contributed by atoms with Crippen LogP contribution in [0.25, 0.3) is 50.2 Å². The summed E-state index contributed by atoms with van der Waals surface area (Å²) >= 11 is 0. The number of aromatic amines is 1. The summed E-state index contributed by atoms with van der Waals surface area (Å²) in [5.41, 5.74) is 6.86. The van der Waals surface area contributed by atoms with Gasteiger partial charge in [0.15, 0.2) is 11.6 Å². The second-order valence-corrected chi connectivity index (χ2v) is 14.9. The number of ether oxygens (including phenoxy) is 2. The minimum atomic E-state index is -0.429. The molecule has 1 saturated heterocycles. The average molecular weight is 737 g/mol. The summed E-state index contributed by atoms with van der Waals surface area (Å²) in [5.74, 6) is 0.628. The number of hydrogen-bond acceptors (Lipinski definition) is 9. The van der Waals surface area contributed by atoms with E-state index in [4.69, 9.17) is 14.5 Å². The van der Waals surface area contributed by atoms with Gasteiger partial charge in [0.2, 0.25) is 0 Å². The molecular formula is C43H40N6O6. The molecule has 0 unspecified atom stereocenters.